The van der Waals surface area contributed by atoms with Crippen LogP contribution in [0.3, 0.4) is 0 Å². The lowest BCUT2D eigenvalue weighted by Crippen LogP contribution is -2.28. The molecule has 2 aliphatic rings. The van der Waals surface area contributed by atoms with Crippen molar-refractivity contribution in [1.29, 1.82) is 0 Å². The molecule has 8 heteroatoms. The third-order valence-electron chi connectivity index (χ3n) is 3.96. The standard InChI is InChI=1S/C14H14F2N4O2/c1-14(2)21-8-3-6(15)10(12(8)22-14)20-5-19-9-7(16)4-18-13(17)11(9)20/h3-5,8,10,12H,1-2H3,(H2,17,18)/t8-,10+,12-/m1/s1. The smallest absolute Gasteiger partial charge is 0.169 e. The topological polar surface area (TPSA) is 75.2 Å². The van der Waals surface area contributed by atoms with Gasteiger partial charge in [-0.05, 0) is 19.9 Å². The molecule has 0 bridgehead atoms. The number of hydrogen-bond acceptors (Lipinski definition) is 5. The lowest BCUT2D eigenvalue weighted by molar-refractivity contribution is -0.148. The van der Waals surface area contributed by atoms with Gasteiger partial charge in [0.15, 0.2) is 11.6 Å². The molecule has 0 aromatic carbocycles. The number of nitrogens with two attached hydrogens (primary N) is 1. The highest BCUT2D eigenvalue weighted by atomic mass is 19.1. The summed E-state index contributed by atoms with van der Waals surface area (Å²) in [7, 11) is 0. The summed E-state index contributed by atoms with van der Waals surface area (Å²) in [4.78, 5) is 7.76. The second-order valence-corrected chi connectivity index (χ2v) is 5.90. The van der Waals surface area contributed by atoms with Crippen LogP contribution in [-0.2, 0) is 9.47 Å². The molecule has 116 valence electrons. The van der Waals surface area contributed by atoms with Crippen molar-refractivity contribution in [2.75, 3.05) is 5.73 Å². The molecular formula is C14H14F2N4O2. The zero-order valence-corrected chi connectivity index (χ0v) is 12.0. The summed E-state index contributed by atoms with van der Waals surface area (Å²) in [5, 5.41) is 0. The Morgan fingerprint density at radius 2 is 2.05 bits per heavy atom. The molecular weight excluding hydrogens is 294 g/mol. The van der Waals surface area contributed by atoms with Crippen molar-refractivity contribution in [3.63, 3.8) is 0 Å². The van der Waals surface area contributed by atoms with Gasteiger partial charge in [0, 0.05) is 0 Å². The second-order valence-electron chi connectivity index (χ2n) is 5.90. The molecule has 2 aromatic heterocycles. The van der Waals surface area contributed by atoms with E-state index in [1.54, 1.807) is 13.8 Å². The van der Waals surface area contributed by atoms with Crippen LogP contribution < -0.4 is 5.73 Å². The van der Waals surface area contributed by atoms with E-state index in [4.69, 9.17) is 15.2 Å². The van der Waals surface area contributed by atoms with E-state index in [-0.39, 0.29) is 16.9 Å². The van der Waals surface area contributed by atoms with Crippen molar-refractivity contribution < 1.29 is 18.3 Å². The summed E-state index contributed by atoms with van der Waals surface area (Å²) >= 11 is 0. The number of pyridine rings is 1. The molecule has 1 aliphatic heterocycles. The Labute approximate surface area is 124 Å². The van der Waals surface area contributed by atoms with Crippen molar-refractivity contribution in [3.05, 3.63) is 30.2 Å². The van der Waals surface area contributed by atoms with Gasteiger partial charge in [-0.1, -0.05) is 0 Å². The number of halogens is 2. The fourth-order valence-electron chi connectivity index (χ4n) is 3.14. The van der Waals surface area contributed by atoms with Crippen LogP contribution >= 0.6 is 0 Å². The van der Waals surface area contributed by atoms with Crippen LogP contribution in [0.4, 0.5) is 14.6 Å². The molecule has 3 atom stereocenters. The fraction of sp³-hybridized carbons (Fsp3) is 0.429. The van der Waals surface area contributed by atoms with Crippen LogP contribution in [0.1, 0.15) is 19.9 Å². The molecule has 0 saturated carbocycles. The first-order chi connectivity index (χ1) is 10.4. The highest BCUT2D eigenvalue weighted by Crippen LogP contribution is 2.45. The SMILES string of the molecule is CC1(C)O[C@@H]2[C@@H](C=C(F)[C@@H]2n2cnc3c(F)cnc(N)c32)O1. The first kappa shape index (κ1) is 13.6. The van der Waals surface area contributed by atoms with Crippen LogP contribution in [0, 0.1) is 5.82 Å². The molecule has 4 rings (SSSR count). The number of nitrogen functional groups attached to an aromatic ring is 1. The van der Waals surface area contributed by atoms with Gasteiger partial charge in [0.1, 0.15) is 40.9 Å². The van der Waals surface area contributed by atoms with Crippen LogP contribution in [0.15, 0.2) is 24.4 Å². The number of anilines is 1. The van der Waals surface area contributed by atoms with Crippen molar-refractivity contribution in [2.24, 2.45) is 0 Å². The van der Waals surface area contributed by atoms with Crippen LogP contribution in [0.2, 0.25) is 0 Å². The number of rotatable bonds is 1. The lowest BCUT2D eigenvalue weighted by atomic mass is 10.1. The Morgan fingerprint density at radius 3 is 2.82 bits per heavy atom. The molecule has 0 unspecified atom stereocenters. The van der Waals surface area contributed by atoms with Crippen molar-refractivity contribution in [1.82, 2.24) is 14.5 Å². The zero-order valence-electron chi connectivity index (χ0n) is 12.0. The summed E-state index contributed by atoms with van der Waals surface area (Å²) in [5.74, 6) is -1.75. The molecule has 2 aromatic rings. The molecule has 0 spiro atoms. The minimum Gasteiger partial charge on any atom is -0.382 e. The van der Waals surface area contributed by atoms with E-state index in [1.165, 1.54) is 17.0 Å². The van der Waals surface area contributed by atoms with Crippen molar-refractivity contribution in [3.8, 4) is 0 Å². The van der Waals surface area contributed by atoms with E-state index in [2.05, 4.69) is 9.97 Å². The maximum Gasteiger partial charge on any atom is 0.169 e. The Bertz CT molecular complexity index is 801. The summed E-state index contributed by atoms with van der Waals surface area (Å²) in [5.41, 5.74) is 6.13. The monoisotopic (exact) mass is 308 g/mol. The highest BCUT2D eigenvalue weighted by Gasteiger charge is 2.51. The number of nitrogens with zero attached hydrogens (tertiary/aromatic N) is 3. The molecule has 1 fully saturated rings. The average molecular weight is 308 g/mol. The minimum atomic E-state index is -0.809. The van der Waals surface area contributed by atoms with Gasteiger partial charge in [0.25, 0.3) is 0 Å². The average Bonchev–Trinajstić information content (AvgIpc) is 3.04. The lowest BCUT2D eigenvalue weighted by Gasteiger charge is -2.23. The summed E-state index contributed by atoms with van der Waals surface area (Å²) in [6, 6.07) is -0.803. The quantitative estimate of drug-likeness (QED) is 0.873. The molecule has 2 N–H and O–H groups in total. The number of hydrogen-bond donors (Lipinski definition) is 1. The van der Waals surface area contributed by atoms with Gasteiger partial charge in [-0.2, -0.15) is 0 Å². The summed E-state index contributed by atoms with van der Waals surface area (Å²) in [6.45, 7) is 3.52. The molecule has 1 aliphatic carbocycles. The highest BCUT2D eigenvalue weighted by molar-refractivity contribution is 5.85. The van der Waals surface area contributed by atoms with Gasteiger partial charge >= 0.3 is 0 Å². The van der Waals surface area contributed by atoms with Gasteiger partial charge in [0.05, 0.1) is 12.5 Å². The van der Waals surface area contributed by atoms with E-state index in [9.17, 15) is 8.78 Å². The Balaban J connectivity index is 1.86. The van der Waals surface area contributed by atoms with Crippen LogP contribution in [0.25, 0.3) is 11.0 Å². The summed E-state index contributed by atoms with van der Waals surface area (Å²) in [6.07, 6.45) is 2.66. The maximum atomic E-state index is 14.4. The van der Waals surface area contributed by atoms with Crippen molar-refractivity contribution in [2.45, 2.75) is 37.9 Å². The van der Waals surface area contributed by atoms with Gasteiger partial charge in [-0.25, -0.2) is 18.7 Å². The van der Waals surface area contributed by atoms with E-state index < -0.39 is 35.7 Å². The summed E-state index contributed by atoms with van der Waals surface area (Å²) < 4.78 is 41.1. The largest absolute Gasteiger partial charge is 0.382 e. The van der Waals surface area contributed by atoms with Crippen molar-refractivity contribution >= 4 is 16.9 Å². The predicted octanol–water partition coefficient (Wildman–Crippen LogP) is 2.08. The van der Waals surface area contributed by atoms with E-state index in [0.29, 0.717) is 0 Å². The Kier molecular flexibility index (Phi) is 2.62. The van der Waals surface area contributed by atoms with Crippen LogP contribution in [0.5, 0.6) is 0 Å². The molecule has 0 amide bonds. The van der Waals surface area contributed by atoms with E-state index in [1.807, 2.05) is 0 Å². The Morgan fingerprint density at radius 1 is 1.27 bits per heavy atom. The Hall–Kier alpha value is -2.06. The predicted molar refractivity (Wildman–Crippen MR) is 74.0 cm³/mol. The third kappa shape index (κ3) is 1.77. The van der Waals surface area contributed by atoms with Gasteiger partial charge < -0.3 is 19.8 Å². The zero-order chi connectivity index (χ0) is 15.6. The number of fused-ring (bicyclic) bond motifs is 2. The molecule has 1 saturated heterocycles. The third-order valence-corrected chi connectivity index (χ3v) is 3.96. The first-order valence-electron chi connectivity index (χ1n) is 6.87. The normalized spacial score (nSPS) is 29.8. The van der Waals surface area contributed by atoms with Crippen LogP contribution in [-0.4, -0.2) is 32.5 Å². The minimum absolute atomic E-state index is 0.0573. The molecule has 6 nitrogen and oxygen atoms in total. The molecule has 3 heterocycles. The maximum absolute atomic E-state index is 14.4. The van der Waals surface area contributed by atoms with Gasteiger partial charge in [0.2, 0.25) is 0 Å². The molecule has 0 radical (unpaired) electrons. The fourth-order valence-corrected chi connectivity index (χ4v) is 3.14. The number of aromatic nitrogens is 3. The van der Waals surface area contributed by atoms with Gasteiger partial charge in [-0.3, -0.25) is 0 Å². The molecule has 22 heavy (non-hydrogen) atoms. The number of ether oxygens (including phenoxy) is 2. The van der Waals surface area contributed by atoms with E-state index >= 15 is 0 Å². The second kappa shape index (κ2) is 4.23. The van der Waals surface area contributed by atoms with E-state index in [0.717, 1.165) is 6.20 Å². The number of imidazole rings is 1. The first-order valence-corrected chi connectivity index (χ1v) is 6.87. The van der Waals surface area contributed by atoms with Gasteiger partial charge in [-0.15, -0.1) is 0 Å².